The molecule has 92 valence electrons. The van der Waals surface area contributed by atoms with Crippen LogP contribution in [-0.2, 0) is 0 Å². The summed E-state index contributed by atoms with van der Waals surface area (Å²) >= 11 is 0. The highest BCUT2D eigenvalue weighted by Gasteiger charge is 2.11. The van der Waals surface area contributed by atoms with Gasteiger partial charge >= 0.3 is 0 Å². The Kier molecular flexibility index (Phi) is 4.27. The Morgan fingerprint density at radius 2 is 2.24 bits per heavy atom. The standard InChI is InChI=1S/C10H12FN3O3/c11-8-5-6(15)1-2-7(8)10(16)13-4-3-9(12)14-17/h1-2,5,15,17H,3-4H2,(H2,12,14)(H,13,16). The van der Waals surface area contributed by atoms with Crippen LogP contribution in [0.3, 0.4) is 0 Å². The molecule has 0 unspecified atom stereocenters. The summed E-state index contributed by atoms with van der Waals surface area (Å²) in [6.07, 6.45) is 0.155. The lowest BCUT2D eigenvalue weighted by atomic mass is 10.2. The van der Waals surface area contributed by atoms with Crippen molar-refractivity contribution in [1.29, 1.82) is 0 Å². The van der Waals surface area contributed by atoms with E-state index in [0.717, 1.165) is 6.07 Å². The van der Waals surface area contributed by atoms with E-state index in [0.29, 0.717) is 0 Å². The number of nitrogens with one attached hydrogen (secondary N) is 1. The molecule has 17 heavy (non-hydrogen) atoms. The number of phenolic OH excluding ortho intramolecular Hbond substituents is 1. The highest BCUT2D eigenvalue weighted by Crippen LogP contribution is 2.14. The monoisotopic (exact) mass is 241 g/mol. The molecule has 0 radical (unpaired) electrons. The second kappa shape index (κ2) is 5.69. The summed E-state index contributed by atoms with van der Waals surface area (Å²) in [6.45, 7) is 0.120. The summed E-state index contributed by atoms with van der Waals surface area (Å²) in [6, 6.07) is 3.23. The van der Waals surface area contributed by atoms with Crippen molar-refractivity contribution >= 4 is 11.7 Å². The van der Waals surface area contributed by atoms with E-state index in [4.69, 9.17) is 16.0 Å². The lowest BCUT2D eigenvalue weighted by Crippen LogP contribution is -2.28. The minimum atomic E-state index is -0.814. The zero-order valence-corrected chi connectivity index (χ0v) is 8.85. The number of halogens is 1. The number of nitrogens with zero attached hydrogens (tertiary/aromatic N) is 1. The molecular formula is C10H12FN3O3. The van der Waals surface area contributed by atoms with Gasteiger partial charge in [0, 0.05) is 19.0 Å². The lowest BCUT2D eigenvalue weighted by molar-refractivity contribution is 0.0950. The van der Waals surface area contributed by atoms with Crippen molar-refractivity contribution in [1.82, 2.24) is 5.32 Å². The molecule has 1 rings (SSSR count). The Morgan fingerprint density at radius 3 is 2.82 bits per heavy atom. The molecule has 7 heteroatoms. The van der Waals surface area contributed by atoms with E-state index in [1.165, 1.54) is 12.1 Å². The van der Waals surface area contributed by atoms with Gasteiger partial charge in [-0.15, -0.1) is 0 Å². The maximum Gasteiger partial charge on any atom is 0.254 e. The average molecular weight is 241 g/mol. The van der Waals surface area contributed by atoms with Gasteiger partial charge in [-0.1, -0.05) is 5.16 Å². The molecule has 0 saturated carbocycles. The van der Waals surface area contributed by atoms with Crippen LogP contribution < -0.4 is 11.1 Å². The quantitative estimate of drug-likeness (QED) is 0.265. The fraction of sp³-hybridized carbons (Fsp3) is 0.200. The number of benzene rings is 1. The Hall–Kier alpha value is -2.31. The van der Waals surface area contributed by atoms with E-state index in [-0.39, 0.29) is 30.1 Å². The third kappa shape index (κ3) is 3.63. The van der Waals surface area contributed by atoms with Crippen LogP contribution in [-0.4, -0.2) is 28.6 Å². The number of nitrogens with two attached hydrogens (primary N) is 1. The van der Waals surface area contributed by atoms with E-state index >= 15 is 0 Å². The molecule has 6 nitrogen and oxygen atoms in total. The van der Waals surface area contributed by atoms with E-state index in [9.17, 15) is 9.18 Å². The van der Waals surface area contributed by atoms with Crippen molar-refractivity contribution in [3.05, 3.63) is 29.6 Å². The van der Waals surface area contributed by atoms with Gasteiger partial charge in [0.1, 0.15) is 17.4 Å². The van der Waals surface area contributed by atoms with Crippen LogP contribution in [0.4, 0.5) is 4.39 Å². The third-order valence-corrected chi connectivity index (χ3v) is 1.99. The third-order valence-electron chi connectivity index (χ3n) is 1.99. The molecule has 0 aliphatic carbocycles. The fourth-order valence-corrected chi connectivity index (χ4v) is 1.14. The first kappa shape index (κ1) is 12.8. The van der Waals surface area contributed by atoms with Crippen molar-refractivity contribution in [2.45, 2.75) is 6.42 Å². The predicted molar refractivity (Wildman–Crippen MR) is 58.4 cm³/mol. The van der Waals surface area contributed by atoms with Crippen molar-refractivity contribution < 1.29 is 19.5 Å². The summed E-state index contributed by atoms with van der Waals surface area (Å²) in [4.78, 5) is 11.5. The second-order valence-electron chi connectivity index (χ2n) is 3.26. The smallest absolute Gasteiger partial charge is 0.254 e. The Bertz CT molecular complexity index is 448. The Labute approximate surface area is 96.5 Å². The largest absolute Gasteiger partial charge is 0.508 e. The number of hydrogen-bond acceptors (Lipinski definition) is 4. The van der Waals surface area contributed by atoms with Gasteiger partial charge in [-0.2, -0.15) is 0 Å². The molecule has 5 N–H and O–H groups in total. The summed E-state index contributed by atoms with van der Waals surface area (Å²) < 4.78 is 13.2. The van der Waals surface area contributed by atoms with Crippen molar-refractivity contribution in [2.24, 2.45) is 10.9 Å². The summed E-state index contributed by atoms with van der Waals surface area (Å²) in [7, 11) is 0. The number of carbonyl (C=O) groups excluding carboxylic acids is 1. The van der Waals surface area contributed by atoms with Gasteiger partial charge in [0.25, 0.3) is 5.91 Å². The minimum Gasteiger partial charge on any atom is -0.508 e. The Morgan fingerprint density at radius 1 is 1.53 bits per heavy atom. The number of rotatable bonds is 4. The van der Waals surface area contributed by atoms with Crippen LogP contribution in [0.1, 0.15) is 16.8 Å². The highest BCUT2D eigenvalue weighted by atomic mass is 19.1. The zero-order chi connectivity index (χ0) is 12.8. The van der Waals surface area contributed by atoms with Crippen LogP contribution in [0.15, 0.2) is 23.4 Å². The molecule has 0 fully saturated rings. The molecule has 0 heterocycles. The van der Waals surface area contributed by atoms with Crippen molar-refractivity contribution in [3.63, 3.8) is 0 Å². The molecule has 0 atom stereocenters. The fourth-order valence-electron chi connectivity index (χ4n) is 1.14. The number of amidine groups is 1. The maximum atomic E-state index is 13.2. The van der Waals surface area contributed by atoms with Gasteiger partial charge in [-0.25, -0.2) is 4.39 Å². The molecule has 0 aliphatic heterocycles. The van der Waals surface area contributed by atoms with Gasteiger partial charge in [0.15, 0.2) is 0 Å². The number of aromatic hydroxyl groups is 1. The molecule has 0 aliphatic rings. The molecule has 0 saturated heterocycles. The first-order valence-electron chi connectivity index (χ1n) is 4.77. The summed E-state index contributed by atoms with van der Waals surface area (Å²) in [5, 5.41) is 22.3. The van der Waals surface area contributed by atoms with E-state index in [1.54, 1.807) is 0 Å². The molecule has 1 aromatic carbocycles. The van der Waals surface area contributed by atoms with E-state index in [1.807, 2.05) is 0 Å². The van der Waals surface area contributed by atoms with E-state index < -0.39 is 11.7 Å². The van der Waals surface area contributed by atoms with Crippen LogP contribution in [0, 0.1) is 5.82 Å². The first-order valence-corrected chi connectivity index (χ1v) is 4.77. The lowest BCUT2D eigenvalue weighted by Gasteiger charge is -2.05. The van der Waals surface area contributed by atoms with Crippen LogP contribution in [0.2, 0.25) is 0 Å². The molecule has 1 aromatic rings. The van der Waals surface area contributed by atoms with Crippen LogP contribution in [0.25, 0.3) is 0 Å². The van der Waals surface area contributed by atoms with Gasteiger partial charge < -0.3 is 21.4 Å². The number of amides is 1. The van der Waals surface area contributed by atoms with Gasteiger partial charge in [0.05, 0.1) is 5.56 Å². The molecule has 0 aromatic heterocycles. The molecule has 0 bridgehead atoms. The van der Waals surface area contributed by atoms with Gasteiger partial charge in [-0.05, 0) is 12.1 Å². The second-order valence-corrected chi connectivity index (χ2v) is 3.26. The zero-order valence-electron chi connectivity index (χ0n) is 8.85. The normalized spacial score (nSPS) is 11.2. The highest BCUT2D eigenvalue weighted by molar-refractivity contribution is 5.94. The SMILES string of the molecule is N/C(CCNC(=O)c1ccc(O)cc1F)=N/O. The Balaban J connectivity index is 2.58. The average Bonchev–Trinajstić information content (AvgIpc) is 2.28. The van der Waals surface area contributed by atoms with Crippen LogP contribution in [0.5, 0.6) is 5.75 Å². The number of phenols is 1. The maximum absolute atomic E-state index is 13.2. The first-order chi connectivity index (χ1) is 8.04. The minimum absolute atomic E-state index is 0.0310. The topological polar surface area (TPSA) is 108 Å². The molecular weight excluding hydrogens is 229 g/mol. The van der Waals surface area contributed by atoms with Crippen molar-refractivity contribution in [2.75, 3.05) is 6.54 Å². The summed E-state index contributed by atoms with van der Waals surface area (Å²) in [5.74, 6) is -1.73. The number of carbonyl (C=O) groups is 1. The molecule has 0 spiro atoms. The molecule has 1 amide bonds. The number of oxime groups is 1. The van der Waals surface area contributed by atoms with Crippen LogP contribution >= 0.6 is 0 Å². The van der Waals surface area contributed by atoms with Crippen molar-refractivity contribution in [3.8, 4) is 5.75 Å². The number of hydrogen-bond donors (Lipinski definition) is 4. The van der Waals surface area contributed by atoms with Gasteiger partial charge in [-0.3, -0.25) is 4.79 Å². The summed E-state index contributed by atoms with van der Waals surface area (Å²) in [5.41, 5.74) is 5.01. The van der Waals surface area contributed by atoms with E-state index in [2.05, 4.69) is 10.5 Å². The predicted octanol–water partition coefficient (Wildman–Crippen LogP) is 0.398. The van der Waals surface area contributed by atoms with Gasteiger partial charge in [0.2, 0.25) is 0 Å².